The number of carbonyl (C=O) groups excluding carboxylic acids is 1. The zero-order valence-electron chi connectivity index (χ0n) is 9.33. The maximum Gasteiger partial charge on any atom is 0.168 e. The Bertz CT molecular complexity index is 401. The number of methoxy groups -OCH3 is 1. The summed E-state index contributed by atoms with van der Waals surface area (Å²) in [6.45, 7) is 0. The minimum Gasteiger partial charge on any atom is -0.494 e. The predicted molar refractivity (Wildman–Crippen MR) is 59.2 cm³/mol. The molecule has 2 rings (SSSR count). The van der Waals surface area contributed by atoms with Gasteiger partial charge in [-0.2, -0.15) is 0 Å². The van der Waals surface area contributed by atoms with E-state index in [9.17, 15) is 9.18 Å². The molecule has 3 heteroatoms. The molecule has 0 radical (unpaired) electrons. The van der Waals surface area contributed by atoms with E-state index in [0.29, 0.717) is 18.4 Å². The van der Waals surface area contributed by atoms with Crippen LogP contribution >= 0.6 is 0 Å². The zero-order chi connectivity index (χ0) is 11.5. The number of hydrogen-bond donors (Lipinski definition) is 0. The number of halogens is 1. The highest BCUT2D eigenvalue weighted by molar-refractivity contribution is 5.80. The van der Waals surface area contributed by atoms with Crippen LogP contribution in [0.1, 0.15) is 37.2 Å². The van der Waals surface area contributed by atoms with Crippen molar-refractivity contribution in [1.29, 1.82) is 0 Å². The molecule has 0 N–H and O–H groups in total. The van der Waals surface area contributed by atoms with Crippen LogP contribution in [0.15, 0.2) is 18.2 Å². The first-order valence-electron chi connectivity index (χ1n) is 5.56. The zero-order valence-corrected chi connectivity index (χ0v) is 9.33. The molecule has 0 aromatic heterocycles. The van der Waals surface area contributed by atoms with Gasteiger partial charge in [0.1, 0.15) is 5.78 Å². The number of Topliss-reactive ketones (excluding diaryl/α,β-unsaturated/α-hetero) is 1. The summed E-state index contributed by atoms with van der Waals surface area (Å²) in [5, 5.41) is 0. The van der Waals surface area contributed by atoms with Gasteiger partial charge in [-0.3, -0.25) is 4.79 Å². The third-order valence-electron chi connectivity index (χ3n) is 3.14. The molecular weight excluding hydrogens is 207 g/mol. The molecule has 1 fully saturated rings. The van der Waals surface area contributed by atoms with Crippen molar-refractivity contribution >= 4 is 5.78 Å². The van der Waals surface area contributed by atoms with E-state index in [1.807, 2.05) is 0 Å². The smallest absolute Gasteiger partial charge is 0.168 e. The molecule has 1 aromatic rings. The van der Waals surface area contributed by atoms with Crippen molar-refractivity contribution in [2.75, 3.05) is 7.11 Å². The van der Waals surface area contributed by atoms with Crippen LogP contribution in [0.3, 0.4) is 0 Å². The first-order chi connectivity index (χ1) is 7.72. The van der Waals surface area contributed by atoms with Crippen molar-refractivity contribution in [2.24, 2.45) is 0 Å². The molecule has 0 saturated heterocycles. The Labute approximate surface area is 94.4 Å². The van der Waals surface area contributed by atoms with Gasteiger partial charge in [0.25, 0.3) is 0 Å². The molecule has 0 aliphatic heterocycles. The second-order valence-corrected chi connectivity index (χ2v) is 4.20. The summed E-state index contributed by atoms with van der Waals surface area (Å²) in [6, 6.07) is 5.13. The average molecular weight is 222 g/mol. The van der Waals surface area contributed by atoms with Crippen LogP contribution in [0.2, 0.25) is 0 Å². The van der Waals surface area contributed by atoms with Crippen LogP contribution in [0.5, 0.6) is 5.75 Å². The van der Waals surface area contributed by atoms with Crippen molar-refractivity contribution in [3.63, 3.8) is 0 Å². The summed E-state index contributed by atoms with van der Waals surface area (Å²) in [7, 11) is 1.45. The van der Waals surface area contributed by atoms with E-state index in [1.54, 1.807) is 18.2 Å². The fraction of sp³-hybridized carbons (Fsp3) is 0.462. The topological polar surface area (TPSA) is 26.3 Å². The summed E-state index contributed by atoms with van der Waals surface area (Å²) in [5.41, 5.74) is 0.618. The normalized spacial score (nSPS) is 20.9. The van der Waals surface area contributed by atoms with Crippen molar-refractivity contribution in [3.8, 4) is 5.75 Å². The quantitative estimate of drug-likeness (QED) is 0.768. The number of carbonyl (C=O) groups is 1. The van der Waals surface area contributed by atoms with E-state index in [2.05, 4.69) is 0 Å². The maximum atomic E-state index is 13.9. The van der Waals surface area contributed by atoms with E-state index in [-0.39, 0.29) is 23.3 Å². The van der Waals surface area contributed by atoms with Gasteiger partial charge in [0.2, 0.25) is 0 Å². The molecule has 0 heterocycles. The first kappa shape index (κ1) is 11.1. The molecule has 2 nitrogen and oxygen atoms in total. The van der Waals surface area contributed by atoms with Gasteiger partial charge in [0, 0.05) is 12.8 Å². The third-order valence-corrected chi connectivity index (χ3v) is 3.14. The summed E-state index contributed by atoms with van der Waals surface area (Å²) in [4.78, 5) is 11.4. The van der Waals surface area contributed by atoms with Gasteiger partial charge < -0.3 is 4.74 Å². The van der Waals surface area contributed by atoms with Crippen LogP contribution < -0.4 is 4.74 Å². The van der Waals surface area contributed by atoms with E-state index in [1.165, 1.54) is 7.11 Å². The maximum absolute atomic E-state index is 13.9. The Kier molecular flexibility index (Phi) is 3.22. The molecule has 1 aromatic carbocycles. The Balaban J connectivity index is 2.29. The van der Waals surface area contributed by atoms with Crippen molar-refractivity contribution in [2.45, 2.75) is 31.6 Å². The van der Waals surface area contributed by atoms with Gasteiger partial charge >= 0.3 is 0 Å². The van der Waals surface area contributed by atoms with Gasteiger partial charge in [-0.25, -0.2) is 4.39 Å². The lowest BCUT2D eigenvalue weighted by atomic mass is 9.83. The molecule has 16 heavy (non-hydrogen) atoms. The Morgan fingerprint density at radius 3 is 2.94 bits per heavy atom. The largest absolute Gasteiger partial charge is 0.494 e. The van der Waals surface area contributed by atoms with E-state index < -0.39 is 0 Å². The van der Waals surface area contributed by atoms with Gasteiger partial charge in [-0.15, -0.1) is 0 Å². The second kappa shape index (κ2) is 4.64. The number of benzene rings is 1. The standard InChI is InChI=1S/C13H15FO2/c1-16-12-7-3-6-11(13(12)14)9-4-2-5-10(15)8-9/h3,6-7,9H,2,4-5,8H2,1H3. The minimum atomic E-state index is -0.315. The van der Waals surface area contributed by atoms with E-state index in [4.69, 9.17) is 4.74 Å². The van der Waals surface area contributed by atoms with E-state index in [0.717, 1.165) is 12.8 Å². The van der Waals surface area contributed by atoms with Gasteiger partial charge in [-0.05, 0) is 30.4 Å². The monoisotopic (exact) mass is 222 g/mol. The highest BCUT2D eigenvalue weighted by Crippen LogP contribution is 2.34. The summed E-state index contributed by atoms with van der Waals surface area (Å²) in [5.74, 6) is 0.204. The van der Waals surface area contributed by atoms with Crippen LogP contribution in [-0.2, 0) is 4.79 Å². The molecule has 1 aliphatic carbocycles. The lowest BCUT2D eigenvalue weighted by molar-refractivity contribution is -0.120. The Hall–Kier alpha value is -1.38. The molecule has 86 valence electrons. The Morgan fingerprint density at radius 1 is 1.44 bits per heavy atom. The van der Waals surface area contributed by atoms with Gasteiger partial charge in [0.05, 0.1) is 7.11 Å². The van der Waals surface area contributed by atoms with Gasteiger partial charge in [0.15, 0.2) is 11.6 Å². The summed E-state index contributed by atoms with van der Waals surface area (Å²) in [6.07, 6.45) is 2.85. The minimum absolute atomic E-state index is 0.0244. The lowest BCUT2D eigenvalue weighted by Gasteiger charge is -2.22. The fourth-order valence-corrected chi connectivity index (χ4v) is 2.29. The van der Waals surface area contributed by atoms with Gasteiger partial charge in [-0.1, -0.05) is 12.1 Å². The highest BCUT2D eigenvalue weighted by Gasteiger charge is 2.24. The number of ether oxygens (including phenoxy) is 1. The van der Waals surface area contributed by atoms with E-state index >= 15 is 0 Å². The third kappa shape index (κ3) is 2.08. The molecule has 0 bridgehead atoms. The molecule has 1 saturated carbocycles. The fourth-order valence-electron chi connectivity index (χ4n) is 2.29. The van der Waals surface area contributed by atoms with Crippen LogP contribution in [0.25, 0.3) is 0 Å². The van der Waals surface area contributed by atoms with Crippen LogP contribution in [-0.4, -0.2) is 12.9 Å². The predicted octanol–water partition coefficient (Wildman–Crippen LogP) is 3.06. The summed E-state index contributed by atoms with van der Waals surface area (Å²) >= 11 is 0. The summed E-state index contributed by atoms with van der Waals surface area (Å²) < 4.78 is 18.9. The average Bonchev–Trinajstić information content (AvgIpc) is 2.29. The van der Waals surface area contributed by atoms with Crippen molar-refractivity contribution < 1.29 is 13.9 Å². The molecule has 1 aliphatic rings. The SMILES string of the molecule is COc1cccc(C2CCCC(=O)C2)c1F. The highest BCUT2D eigenvalue weighted by atomic mass is 19.1. The number of hydrogen-bond acceptors (Lipinski definition) is 2. The molecule has 1 unspecified atom stereocenters. The molecular formula is C13H15FO2. The van der Waals surface area contributed by atoms with Crippen molar-refractivity contribution in [1.82, 2.24) is 0 Å². The molecule has 1 atom stereocenters. The van der Waals surface area contributed by atoms with Crippen molar-refractivity contribution in [3.05, 3.63) is 29.6 Å². The first-order valence-corrected chi connectivity index (χ1v) is 5.56. The van der Waals surface area contributed by atoms with Crippen LogP contribution in [0, 0.1) is 5.82 Å². The molecule has 0 amide bonds. The second-order valence-electron chi connectivity index (χ2n) is 4.20. The Morgan fingerprint density at radius 2 is 2.25 bits per heavy atom. The van der Waals surface area contributed by atoms with Crippen LogP contribution in [0.4, 0.5) is 4.39 Å². The number of rotatable bonds is 2. The molecule has 0 spiro atoms. The lowest BCUT2D eigenvalue weighted by Crippen LogP contribution is -2.14. The number of ketones is 1.